The van der Waals surface area contributed by atoms with Gasteiger partial charge in [0, 0.05) is 22.9 Å². The Balaban J connectivity index is 1.13. The molecule has 2 heterocycles. The summed E-state index contributed by atoms with van der Waals surface area (Å²) in [4.78, 5) is 17.1. The molecule has 28 heavy (non-hydrogen) atoms. The van der Waals surface area contributed by atoms with Crippen molar-refractivity contribution in [2.75, 3.05) is 11.5 Å². The molecule has 3 fully saturated rings. The molecule has 2 aromatic rings. The van der Waals surface area contributed by atoms with Crippen molar-refractivity contribution in [1.82, 2.24) is 10.3 Å². The van der Waals surface area contributed by atoms with Crippen molar-refractivity contribution in [2.45, 2.75) is 50.5 Å². The molecule has 3 aliphatic rings. The molecule has 0 atom stereocenters. The summed E-state index contributed by atoms with van der Waals surface area (Å²) in [6.45, 7) is 0. The van der Waals surface area contributed by atoms with E-state index in [1.807, 2.05) is 12.1 Å². The Bertz CT molecular complexity index is 1020. The zero-order valence-corrected chi connectivity index (χ0v) is 17.1. The zero-order valence-electron chi connectivity index (χ0n) is 15.5. The van der Waals surface area contributed by atoms with Crippen LogP contribution in [0.4, 0.5) is 0 Å². The summed E-state index contributed by atoms with van der Waals surface area (Å²) in [6, 6.07) is 5.64. The minimum absolute atomic E-state index is 0.0185. The fraction of sp³-hybridized carbons (Fsp3) is 0.600. The number of halogens is 1. The van der Waals surface area contributed by atoms with Crippen LogP contribution in [0, 0.1) is 11.3 Å². The highest BCUT2D eigenvalue weighted by Crippen LogP contribution is 2.53. The summed E-state index contributed by atoms with van der Waals surface area (Å²) in [7, 11) is -2.82. The van der Waals surface area contributed by atoms with E-state index in [2.05, 4.69) is 10.3 Å². The molecule has 5 rings (SSSR count). The SMILES string of the molecule is O=C(NC1CCC(c2nc3cc(Cl)ccc3o2)CC1)C1CC2(C1)CS(=O)(=O)C2. The minimum atomic E-state index is -2.82. The third-order valence-corrected chi connectivity index (χ3v) is 8.91. The first-order chi connectivity index (χ1) is 13.3. The molecule has 0 bridgehead atoms. The number of rotatable bonds is 3. The maximum atomic E-state index is 12.5. The summed E-state index contributed by atoms with van der Waals surface area (Å²) in [5, 5.41) is 3.83. The van der Waals surface area contributed by atoms with Gasteiger partial charge in [0.2, 0.25) is 5.91 Å². The predicted octanol–water partition coefficient (Wildman–Crippen LogP) is 3.45. The smallest absolute Gasteiger partial charge is 0.223 e. The number of nitrogens with zero attached hydrogens (tertiary/aromatic N) is 1. The highest BCUT2D eigenvalue weighted by Gasteiger charge is 2.57. The summed E-state index contributed by atoms with van der Waals surface area (Å²) >= 11 is 6.02. The predicted molar refractivity (Wildman–Crippen MR) is 106 cm³/mol. The molecule has 1 spiro atoms. The van der Waals surface area contributed by atoms with Gasteiger partial charge in [-0.15, -0.1) is 0 Å². The lowest BCUT2D eigenvalue weighted by molar-refractivity contribution is -0.132. The van der Waals surface area contributed by atoms with Crippen molar-refractivity contribution in [3.63, 3.8) is 0 Å². The van der Waals surface area contributed by atoms with Gasteiger partial charge in [0.15, 0.2) is 21.3 Å². The van der Waals surface area contributed by atoms with E-state index < -0.39 is 9.84 Å². The largest absolute Gasteiger partial charge is 0.440 e. The third-order valence-electron chi connectivity index (χ3n) is 6.57. The number of oxazole rings is 1. The number of carbonyl (C=O) groups is 1. The summed E-state index contributed by atoms with van der Waals surface area (Å²) in [5.41, 5.74) is 1.45. The number of fused-ring (bicyclic) bond motifs is 1. The van der Waals surface area contributed by atoms with Gasteiger partial charge in [0.05, 0.1) is 11.5 Å². The molecule has 1 amide bonds. The van der Waals surface area contributed by atoms with Gasteiger partial charge in [0.1, 0.15) is 5.52 Å². The Hall–Kier alpha value is -1.60. The molecular formula is C20H23ClN2O4S. The lowest BCUT2D eigenvalue weighted by atomic mass is 9.63. The maximum Gasteiger partial charge on any atom is 0.223 e. The van der Waals surface area contributed by atoms with Gasteiger partial charge in [-0.2, -0.15) is 0 Å². The second-order valence-electron chi connectivity index (χ2n) is 8.86. The van der Waals surface area contributed by atoms with E-state index in [1.165, 1.54) is 0 Å². The topological polar surface area (TPSA) is 89.3 Å². The first-order valence-corrected chi connectivity index (χ1v) is 12.1. The van der Waals surface area contributed by atoms with Gasteiger partial charge in [0.25, 0.3) is 0 Å². The molecular weight excluding hydrogens is 400 g/mol. The Morgan fingerprint density at radius 1 is 1.18 bits per heavy atom. The van der Waals surface area contributed by atoms with E-state index in [4.69, 9.17) is 16.0 Å². The first-order valence-electron chi connectivity index (χ1n) is 9.88. The average molecular weight is 423 g/mol. The second-order valence-corrected chi connectivity index (χ2v) is 11.4. The van der Waals surface area contributed by atoms with Crippen molar-refractivity contribution in [3.05, 3.63) is 29.1 Å². The first kappa shape index (κ1) is 18.4. The van der Waals surface area contributed by atoms with Crippen molar-refractivity contribution < 1.29 is 17.6 Å². The van der Waals surface area contributed by atoms with Crippen LogP contribution in [0.5, 0.6) is 0 Å². The lowest BCUT2D eigenvalue weighted by Gasteiger charge is -2.52. The highest BCUT2D eigenvalue weighted by molar-refractivity contribution is 7.92. The minimum Gasteiger partial charge on any atom is -0.440 e. The molecule has 2 saturated carbocycles. The molecule has 6 nitrogen and oxygen atoms in total. The lowest BCUT2D eigenvalue weighted by Crippen LogP contribution is -2.59. The van der Waals surface area contributed by atoms with Crippen LogP contribution >= 0.6 is 11.6 Å². The molecule has 1 aromatic heterocycles. The Morgan fingerprint density at radius 2 is 1.89 bits per heavy atom. The van der Waals surface area contributed by atoms with E-state index in [0.29, 0.717) is 5.02 Å². The van der Waals surface area contributed by atoms with Gasteiger partial charge >= 0.3 is 0 Å². The molecule has 1 aromatic carbocycles. The van der Waals surface area contributed by atoms with Gasteiger partial charge in [-0.05, 0) is 62.1 Å². The van der Waals surface area contributed by atoms with Crippen molar-refractivity contribution in [1.29, 1.82) is 0 Å². The fourth-order valence-electron chi connectivity index (χ4n) is 5.19. The average Bonchev–Trinajstić information content (AvgIpc) is 3.00. The molecule has 8 heteroatoms. The Labute approximate surface area is 168 Å². The molecule has 0 unspecified atom stereocenters. The van der Waals surface area contributed by atoms with Gasteiger partial charge < -0.3 is 9.73 Å². The summed E-state index contributed by atoms with van der Waals surface area (Å²) in [6.07, 6.45) is 5.11. The highest BCUT2D eigenvalue weighted by atomic mass is 35.5. The summed E-state index contributed by atoms with van der Waals surface area (Å²) in [5.74, 6) is 1.64. The van der Waals surface area contributed by atoms with E-state index >= 15 is 0 Å². The van der Waals surface area contributed by atoms with Crippen LogP contribution in [-0.4, -0.2) is 36.9 Å². The van der Waals surface area contributed by atoms with Gasteiger partial charge in [-0.3, -0.25) is 4.79 Å². The molecule has 1 aliphatic heterocycles. The molecule has 150 valence electrons. The van der Waals surface area contributed by atoms with Crippen LogP contribution in [0.15, 0.2) is 22.6 Å². The molecule has 0 radical (unpaired) electrons. The summed E-state index contributed by atoms with van der Waals surface area (Å²) < 4.78 is 28.7. The number of aromatic nitrogens is 1. The van der Waals surface area contributed by atoms with Crippen LogP contribution in [0.1, 0.15) is 50.3 Å². The number of hydrogen-bond donors (Lipinski definition) is 1. The van der Waals surface area contributed by atoms with E-state index in [0.717, 1.165) is 55.5 Å². The Kier molecular flexibility index (Phi) is 4.25. The number of carbonyl (C=O) groups excluding carboxylic acids is 1. The van der Waals surface area contributed by atoms with E-state index in [1.54, 1.807) is 6.07 Å². The molecule has 1 N–H and O–H groups in total. The van der Waals surface area contributed by atoms with Crippen LogP contribution in [0.2, 0.25) is 5.02 Å². The number of amides is 1. The fourth-order valence-corrected chi connectivity index (χ4v) is 7.61. The van der Waals surface area contributed by atoms with Crippen molar-refractivity contribution >= 4 is 38.4 Å². The standard InChI is InChI=1S/C20H23ClN2O4S/c21-14-3-6-17-16(7-14)23-19(27-17)12-1-4-15(5-2-12)22-18(24)13-8-20(9-13)10-28(25,26)11-20/h3,6-7,12-13,15H,1-2,4-5,8-11H2,(H,22,24). The van der Waals surface area contributed by atoms with Crippen LogP contribution in [0.25, 0.3) is 11.1 Å². The number of benzene rings is 1. The third kappa shape index (κ3) is 3.32. The number of nitrogens with one attached hydrogen (secondary N) is 1. The normalized spacial score (nSPS) is 28.6. The monoisotopic (exact) mass is 422 g/mol. The van der Waals surface area contributed by atoms with Crippen molar-refractivity contribution in [3.8, 4) is 0 Å². The van der Waals surface area contributed by atoms with E-state index in [-0.39, 0.29) is 40.7 Å². The van der Waals surface area contributed by atoms with Crippen LogP contribution < -0.4 is 5.32 Å². The zero-order chi connectivity index (χ0) is 19.5. The van der Waals surface area contributed by atoms with Crippen LogP contribution in [0.3, 0.4) is 0 Å². The second kappa shape index (κ2) is 6.46. The number of hydrogen-bond acceptors (Lipinski definition) is 5. The maximum absolute atomic E-state index is 12.5. The van der Waals surface area contributed by atoms with Gasteiger partial charge in [-0.25, -0.2) is 13.4 Å². The number of sulfone groups is 1. The van der Waals surface area contributed by atoms with E-state index in [9.17, 15) is 13.2 Å². The van der Waals surface area contributed by atoms with Crippen LogP contribution in [-0.2, 0) is 14.6 Å². The van der Waals surface area contributed by atoms with Crippen molar-refractivity contribution in [2.24, 2.45) is 11.3 Å². The molecule has 1 saturated heterocycles. The quantitative estimate of drug-likeness (QED) is 0.818. The Morgan fingerprint density at radius 3 is 2.57 bits per heavy atom. The molecule has 2 aliphatic carbocycles. The van der Waals surface area contributed by atoms with Gasteiger partial charge in [-0.1, -0.05) is 11.6 Å².